The highest BCUT2D eigenvalue weighted by Crippen LogP contribution is 2.27. The Hall–Kier alpha value is -2.05. The molecule has 0 aliphatic heterocycles. The molecule has 0 radical (unpaired) electrons. The van der Waals surface area contributed by atoms with E-state index in [1.165, 1.54) is 13.2 Å². The van der Waals surface area contributed by atoms with Gasteiger partial charge in [0.2, 0.25) is 0 Å². The molecule has 21 heavy (non-hydrogen) atoms. The highest BCUT2D eigenvalue weighted by Gasteiger charge is 2.27. The molecule has 0 saturated heterocycles. The van der Waals surface area contributed by atoms with Crippen molar-refractivity contribution < 1.29 is 18.3 Å². The molecule has 2 rings (SSSR count). The number of ether oxygens (including phenoxy) is 2. The summed E-state index contributed by atoms with van der Waals surface area (Å²) in [5.74, 6) is 1.02. The summed E-state index contributed by atoms with van der Waals surface area (Å²) in [6, 6.07) is 5.06. The molecule has 0 heterocycles. The number of rotatable bonds is 6. The Morgan fingerprint density at radius 2 is 2.19 bits per heavy atom. The summed E-state index contributed by atoms with van der Waals surface area (Å²) in [5, 5.41) is 0. The Kier molecular flexibility index (Phi) is 4.82. The van der Waals surface area contributed by atoms with E-state index in [9.17, 15) is 8.78 Å². The van der Waals surface area contributed by atoms with Crippen LogP contribution in [-0.4, -0.2) is 37.7 Å². The van der Waals surface area contributed by atoms with Gasteiger partial charge in [-0.05, 0) is 31.0 Å². The van der Waals surface area contributed by atoms with Gasteiger partial charge in [-0.1, -0.05) is 0 Å². The Balaban J connectivity index is 2.13. The van der Waals surface area contributed by atoms with Crippen molar-refractivity contribution in [2.45, 2.75) is 32.0 Å². The van der Waals surface area contributed by atoms with Crippen molar-refractivity contribution in [3.8, 4) is 11.5 Å². The maximum absolute atomic E-state index is 12.4. The molecule has 1 aromatic rings. The van der Waals surface area contributed by atoms with Gasteiger partial charge in [0.15, 0.2) is 5.96 Å². The van der Waals surface area contributed by atoms with Crippen molar-refractivity contribution in [1.82, 2.24) is 4.90 Å². The zero-order valence-corrected chi connectivity index (χ0v) is 12.1. The number of guanidine groups is 1. The monoisotopic (exact) mass is 299 g/mol. The lowest BCUT2D eigenvalue weighted by Crippen LogP contribution is -2.35. The summed E-state index contributed by atoms with van der Waals surface area (Å²) in [4.78, 5) is 6.14. The minimum Gasteiger partial charge on any atom is -0.497 e. The van der Waals surface area contributed by atoms with E-state index in [4.69, 9.17) is 10.5 Å². The number of alkyl halides is 2. The zero-order chi connectivity index (χ0) is 15.4. The van der Waals surface area contributed by atoms with E-state index in [-0.39, 0.29) is 12.3 Å². The number of benzene rings is 1. The third-order valence-corrected chi connectivity index (χ3v) is 3.35. The topological polar surface area (TPSA) is 60.1 Å². The maximum atomic E-state index is 12.4. The highest BCUT2D eigenvalue weighted by atomic mass is 19.3. The number of nitrogens with two attached hydrogens (primary N) is 1. The molecule has 1 aromatic carbocycles. The molecule has 1 saturated carbocycles. The Morgan fingerprint density at radius 1 is 1.48 bits per heavy atom. The molecular formula is C14H19F2N3O2. The lowest BCUT2D eigenvalue weighted by atomic mass is 10.2. The van der Waals surface area contributed by atoms with Crippen molar-refractivity contribution >= 4 is 5.96 Å². The minimum atomic E-state index is -2.88. The quantitative estimate of drug-likeness (QED) is 0.646. The first-order valence-electron chi connectivity index (χ1n) is 6.65. The molecule has 1 fully saturated rings. The lowest BCUT2D eigenvalue weighted by Gasteiger charge is -2.17. The average molecular weight is 299 g/mol. The SMILES string of the molecule is COc1ccc(OC(F)F)c(CN=C(N)N(C)C2CC2)c1. The van der Waals surface area contributed by atoms with E-state index in [0.29, 0.717) is 23.3 Å². The summed E-state index contributed by atoms with van der Waals surface area (Å²) < 4.78 is 34.4. The van der Waals surface area contributed by atoms with E-state index in [0.717, 1.165) is 12.8 Å². The first-order chi connectivity index (χ1) is 10.0. The fraction of sp³-hybridized carbons (Fsp3) is 0.500. The number of methoxy groups -OCH3 is 1. The minimum absolute atomic E-state index is 0.0800. The van der Waals surface area contributed by atoms with E-state index in [1.54, 1.807) is 12.1 Å². The highest BCUT2D eigenvalue weighted by molar-refractivity contribution is 5.78. The zero-order valence-electron chi connectivity index (χ0n) is 12.1. The Bertz CT molecular complexity index is 519. The van der Waals surface area contributed by atoms with Gasteiger partial charge in [-0.15, -0.1) is 0 Å². The second-order valence-electron chi connectivity index (χ2n) is 4.87. The molecule has 5 nitrogen and oxygen atoms in total. The van der Waals surface area contributed by atoms with Gasteiger partial charge in [-0.2, -0.15) is 8.78 Å². The fourth-order valence-electron chi connectivity index (χ4n) is 1.94. The second kappa shape index (κ2) is 6.60. The van der Waals surface area contributed by atoms with Crippen LogP contribution in [0.1, 0.15) is 18.4 Å². The van der Waals surface area contributed by atoms with Gasteiger partial charge in [0.1, 0.15) is 11.5 Å². The van der Waals surface area contributed by atoms with Gasteiger partial charge in [0, 0.05) is 18.7 Å². The van der Waals surface area contributed by atoms with Gasteiger partial charge < -0.3 is 20.1 Å². The molecular weight excluding hydrogens is 280 g/mol. The molecule has 1 aliphatic rings. The first kappa shape index (κ1) is 15.3. The largest absolute Gasteiger partial charge is 0.497 e. The van der Waals surface area contributed by atoms with Crippen LogP contribution in [0, 0.1) is 0 Å². The van der Waals surface area contributed by atoms with Crippen molar-refractivity contribution in [2.75, 3.05) is 14.2 Å². The summed E-state index contributed by atoms with van der Waals surface area (Å²) in [6.07, 6.45) is 2.21. The van der Waals surface area contributed by atoms with E-state index in [2.05, 4.69) is 9.73 Å². The van der Waals surface area contributed by atoms with Crippen molar-refractivity contribution in [3.63, 3.8) is 0 Å². The molecule has 0 unspecified atom stereocenters. The molecule has 1 aliphatic carbocycles. The van der Waals surface area contributed by atoms with Gasteiger partial charge in [-0.25, -0.2) is 4.99 Å². The third-order valence-electron chi connectivity index (χ3n) is 3.35. The number of nitrogens with zero attached hydrogens (tertiary/aromatic N) is 2. The van der Waals surface area contributed by atoms with Crippen LogP contribution in [0.4, 0.5) is 8.78 Å². The summed E-state index contributed by atoms with van der Waals surface area (Å²) in [6.45, 7) is -2.73. The van der Waals surface area contributed by atoms with Crippen LogP contribution in [0.3, 0.4) is 0 Å². The molecule has 0 amide bonds. The standard InChI is InChI=1S/C14H19F2N3O2/c1-19(10-3-4-10)14(17)18-8-9-7-11(20-2)5-6-12(9)21-13(15)16/h5-7,10,13H,3-4,8H2,1-2H3,(H2,17,18). The molecule has 0 bridgehead atoms. The van der Waals surface area contributed by atoms with Crippen molar-refractivity contribution in [2.24, 2.45) is 10.7 Å². The Morgan fingerprint density at radius 3 is 2.76 bits per heavy atom. The van der Waals surface area contributed by atoms with Crippen LogP contribution in [0.2, 0.25) is 0 Å². The van der Waals surface area contributed by atoms with Crippen LogP contribution in [0.5, 0.6) is 11.5 Å². The number of aliphatic imine (C=N–C) groups is 1. The number of halogens is 2. The smallest absolute Gasteiger partial charge is 0.387 e. The van der Waals surface area contributed by atoms with Gasteiger partial charge in [0.25, 0.3) is 0 Å². The average Bonchev–Trinajstić information content (AvgIpc) is 3.29. The Labute approximate surface area is 122 Å². The molecule has 7 heteroatoms. The van der Waals surface area contributed by atoms with Crippen molar-refractivity contribution in [1.29, 1.82) is 0 Å². The molecule has 2 N–H and O–H groups in total. The van der Waals surface area contributed by atoms with Gasteiger partial charge in [0.05, 0.1) is 13.7 Å². The maximum Gasteiger partial charge on any atom is 0.387 e. The van der Waals surface area contributed by atoms with Crippen LogP contribution in [0.25, 0.3) is 0 Å². The molecule has 0 spiro atoms. The second-order valence-corrected chi connectivity index (χ2v) is 4.87. The number of hydrogen-bond acceptors (Lipinski definition) is 3. The van der Waals surface area contributed by atoms with Crippen LogP contribution in [-0.2, 0) is 6.54 Å². The van der Waals surface area contributed by atoms with Crippen LogP contribution in [0.15, 0.2) is 23.2 Å². The molecule has 0 aromatic heterocycles. The summed E-state index contributed by atoms with van der Waals surface area (Å²) in [5.41, 5.74) is 6.39. The third kappa shape index (κ3) is 4.21. The van der Waals surface area contributed by atoms with Crippen molar-refractivity contribution in [3.05, 3.63) is 23.8 Å². The number of hydrogen-bond donors (Lipinski definition) is 1. The van der Waals surface area contributed by atoms with Crippen LogP contribution >= 0.6 is 0 Å². The predicted octanol–water partition coefficient (Wildman–Crippen LogP) is 2.21. The van der Waals surface area contributed by atoms with E-state index >= 15 is 0 Å². The normalized spacial score (nSPS) is 15.2. The van der Waals surface area contributed by atoms with Gasteiger partial charge >= 0.3 is 6.61 Å². The van der Waals surface area contributed by atoms with E-state index in [1.807, 2.05) is 11.9 Å². The van der Waals surface area contributed by atoms with Gasteiger partial charge in [-0.3, -0.25) is 0 Å². The molecule has 0 atom stereocenters. The van der Waals surface area contributed by atoms with Crippen LogP contribution < -0.4 is 15.2 Å². The van der Waals surface area contributed by atoms with E-state index < -0.39 is 6.61 Å². The molecule has 116 valence electrons. The fourth-order valence-corrected chi connectivity index (χ4v) is 1.94. The summed E-state index contributed by atoms with van der Waals surface area (Å²) in [7, 11) is 3.38. The predicted molar refractivity (Wildman–Crippen MR) is 75.7 cm³/mol. The first-order valence-corrected chi connectivity index (χ1v) is 6.65. The lowest BCUT2D eigenvalue weighted by molar-refractivity contribution is -0.0504. The summed E-state index contributed by atoms with van der Waals surface area (Å²) >= 11 is 0.